The first-order valence-electron chi connectivity index (χ1n) is 7.79. The fourth-order valence-electron chi connectivity index (χ4n) is 2.55. The smallest absolute Gasteiger partial charge is 0.316 e. The monoisotopic (exact) mass is 386 g/mol. The molecule has 138 valence electrons. The van der Waals surface area contributed by atoms with Gasteiger partial charge in [-0.25, -0.2) is 13.3 Å². The zero-order chi connectivity index (χ0) is 19.6. The van der Waals surface area contributed by atoms with E-state index in [9.17, 15) is 18.4 Å². The predicted molar refractivity (Wildman–Crippen MR) is 99.6 cm³/mol. The lowest BCUT2D eigenvalue weighted by Gasteiger charge is -2.08. The Kier molecular flexibility index (Phi) is 4.87. The quantitative estimate of drug-likeness (QED) is 0.518. The van der Waals surface area contributed by atoms with Crippen molar-refractivity contribution in [2.45, 2.75) is 4.90 Å². The summed E-state index contributed by atoms with van der Waals surface area (Å²) in [5.41, 5.74) is 0.724. The molecule has 1 N–H and O–H groups in total. The van der Waals surface area contributed by atoms with Gasteiger partial charge in [0.25, 0.3) is 4.92 Å². The van der Waals surface area contributed by atoms with Gasteiger partial charge in [-0.3, -0.25) is 0 Å². The molecule has 27 heavy (non-hydrogen) atoms. The van der Waals surface area contributed by atoms with Gasteiger partial charge in [0.2, 0.25) is 0 Å². The molecule has 9 heteroatoms. The van der Waals surface area contributed by atoms with Crippen LogP contribution >= 0.6 is 0 Å². The van der Waals surface area contributed by atoms with E-state index in [1.165, 1.54) is 25.3 Å². The molecule has 0 atom stereocenters. The molecule has 0 saturated heterocycles. The molecule has 0 amide bonds. The standard InChI is InChI=1S/C18H15N3O5S/c1-26-21(23)13-9-7-12(8-10-13)19-20-16-11-17(27(2,24)25)14-5-3-4-6-15(14)18(16)22/h3-11H,1-2H3/p+1. The predicted octanol–water partition coefficient (Wildman–Crippen LogP) is 4.34. The van der Waals surface area contributed by atoms with E-state index in [1.54, 1.807) is 36.4 Å². The van der Waals surface area contributed by atoms with E-state index in [-0.39, 0.29) is 22.0 Å². The number of aromatic hydroxyl groups is 1. The summed E-state index contributed by atoms with van der Waals surface area (Å²) in [7, 11) is -2.28. The average Bonchev–Trinajstić information content (AvgIpc) is 2.66. The van der Waals surface area contributed by atoms with Gasteiger partial charge in [-0.15, -0.1) is 5.11 Å². The van der Waals surface area contributed by atoms with E-state index >= 15 is 0 Å². The Morgan fingerprint density at radius 2 is 1.63 bits per heavy atom. The lowest BCUT2D eigenvalue weighted by Crippen LogP contribution is -1.98. The topological polar surface area (TPSA) is 108 Å². The zero-order valence-corrected chi connectivity index (χ0v) is 15.3. The van der Waals surface area contributed by atoms with Crippen LogP contribution in [0.1, 0.15) is 0 Å². The van der Waals surface area contributed by atoms with Crippen LogP contribution in [0, 0.1) is 4.91 Å². The summed E-state index contributed by atoms with van der Waals surface area (Å²) in [6, 6.07) is 14.0. The SMILES string of the molecule is CO[N+](=O)c1ccc(/N=N/c2cc(S(C)(=O)=O)c3ccccc3c2O)cc1. The Balaban J connectivity index is 2.06. The highest BCUT2D eigenvalue weighted by Gasteiger charge is 2.18. The van der Waals surface area contributed by atoms with Crippen molar-refractivity contribution in [2.24, 2.45) is 10.2 Å². The molecule has 0 aromatic heterocycles. The van der Waals surface area contributed by atoms with Crippen molar-refractivity contribution in [1.29, 1.82) is 0 Å². The highest BCUT2D eigenvalue weighted by molar-refractivity contribution is 7.91. The third kappa shape index (κ3) is 3.77. The van der Waals surface area contributed by atoms with Crippen LogP contribution in [0.4, 0.5) is 17.1 Å². The number of rotatable bonds is 5. The van der Waals surface area contributed by atoms with Crippen molar-refractivity contribution >= 4 is 37.7 Å². The average molecular weight is 386 g/mol. The summed E-state index contributed by atoms with van der Waals surface area (Å²) >= 11 is 0. The number of azo groups is 1. The molecule has 3 aromatic carbocycles. The molecule has 0 aliphatic rings. The number of hydrogen-bond donors (Lipinski definition) is 1. The molecule has 8 nitrogen and oxygen atoms in total. The summed E-state index contributed by atoms with van der Waals surface area (Å²) in [5.74, 6) is -0.163. The van der Waals surface area contributed by atoms with Crippen LogP contribution in [0.3, 0.4) is 0 Å². The number of phenolic OH excluding ortho intramolecular Hbond substituents is 1. The summed E-state index contributed by atoms with van der Waals surface area (Å²) in [6.07, 6.45) is 1.09. The largest absolute Gasteiger partial charge is 0.505 e. The number of fused-ring (bicyclic) bond motifs is 1. The highest BCUT2D eigenvalue weighted by atomic mass is 32.2. The number of nitrogens with zero attached hydrogens (tertiary/aromatic N) is 3. The van der Waals surface area contributed by atoms with Crippen LogP contribution in [-0.2, 0) is 14.7 Å². The van der Waals surface area contributed by atoms with Crippen molar-refractivity contribution in [3.05, 3.63) is 59.5 Å². The van der Waals surface area contributed by atoms with Crippen molar-refractivity contribution in [3.63, 3.8) is 0 Å². The molecule has 3 aromatic rings. The molecular weight excluding hydrogens is 370 g/mol. The molecule has 0 heterocycles. The van der Waals surface area contributed by atoms with Crippen LogP contribution in [0.5, 0.6) is 5.75 Å². The second kappa shape index (κ2) is 7.12. The van der Waals surface area contributed by atoms with Crippen LogP contribution in [0.25, 0.3) is 10.8 Å². The van der Waals surface area contributed by atoms with Crippen LogP contribution in [-0.4, -0.2) is 31.8 Å². The van der Waals surface area contributed by atoms with E-state index in [4.69, 9.17) is 0 Å². The highest BCUT2D eigenvalue weighted by Crippen LogP contribution is 2.39. The van der Waals surface area contributed by atoms with Crippen LogP contribution < -0.4 is 0 Å². The lowest BCUT2D eigenvalue weighted by atomic mass is 10.1. The van der Waals surface area contributed by atoms with E-state index in [2.05, 4.69) is 15.1 Å². The maximum Gasteiger partial charge on any atom is 0.316 e. The van der Waals surface area contributed by atoms with E-state index in [0.717, 1.165) is 6.26 Å². The first kappa shape index (κ1) is 18.5. The third-order valence-electron chi connectivity index (χ3n) is 3.86. The van der Waals surface area contributed by atoms with Gasteiger partial charge in [0.05, 0.1) is 15.5 Å². The van der Waals surface area contributed by atoms with Crippen LogP contribution in [0.2, 0.25) is 0 Å². The number of benzene rings is 3. The van der Waals surface area contributed by atoms with Gasteiger partial charge in [0, 0.05) is 29.2 Å². The molecule has 0 saturated carbocycles. The first-order chi connectivity index (χ1) is 12.8. The Morgan fingerprint density at radius 1 is 1.00 bits per heavy atom. The Hall–Kier alpha value is -3.33. The van der Waals surface area contributed by atoms with Gasteiger partial charge < -0.3 is 5.11 Å². The zero-order valence-electron chi connectivity index (χ0n) is 14.5. The second-order valence-corrected chi connectivity index (χ2v) is 7.70. The molecule has 0 aliphatic carbocycles. The lowest BCUT2D eigenvalue weighted by molar-refractivity contribution is -0.736. The minimum atomic E-state index is -3.54. The maximum atomic E-state index is 12.1. The molecule has 0 fully saturated rings. The van der Waals surface area contributed by atoms with Gasteiger partial charge in [0.1, 0.15) is 5.69 Å². The number of sulfone groups is 1. The minimum Gasteiger partial charge on any atom is -0.505 e. The van der Waals surface area contributed by atoms with E-state index in [1.807, 2.05) is 0 Å². The van der Waals surface area contributed by atoms with Gasteiger partial charge in [0.15, 0.2) is 22.7 Å². The molecular formula is C18H16N3O5S+. The van der Waals surface area contributed by atoms with Crippen molar-refractivity contribution in [2.75, 3.05) is 13.4 Å². The molecule has 0 radical (unpaired) electrons. The number of phenols is 1. The van der Waals surface area contributed by atoms with Crippen molar-refractivity contribution < 1.29 is 23.3 Å². The Morgan fingerprint density at radius 3 is 2.22 bits per heavy atom. The molecule has 0 spiro atoms. The van der Waals surface area contributed by atoms with Gasteiger partial charge in [-0.1, -0.05) is 24.3 Å². The molecule has 0 aliphatic heterocycles. The maximum absolute atomic E-state index is 12.1. The summed E-state index contributed by atoms with van der Waals surface area (Å²) in [5, 5.41) is 19.2. The van der Waals surface area contributed by atoms with E-state index in [0.29, 0.717) is 21.4 Å². The Labute approximate surface area is 155 Å². The van der Waals surface area contributed by atoms with Crippen LogP contribution in [0.15, 0.2) is 69.7 Å². The molecule has 3 rings (SSSR count). The second-order valence-electron chi connectivity index (χ2n) is 5.72. The fourth-order valence-corrected chi connectivity index (χ4v) is 3.46. The van der Waals surface area contributed by atoms with Gasteiger partial charge in [-0.2, -0.15) is 5.11 Å². The summed E-state index contributed by atoms with van der Waals surface area (Å²) in [4.78, 5) is 16.3. The fraction of sp³-hybridized carbons (Fsp3) is 0.111. The summed E-state index contributed by atoms with van der Waals surface area (Å²) in [6.45, 7) is 0. The van der Waals surface area contributed by atoms with Gasteiger partial charge in [-0.05, 0) is 18.2 Å². The van der Waals surface area contributed by atoms with Crippen molar-refractivity contribution in [3.8, 4) is 5.75 Å². The summed E-state index contributed by atoms with van der Waals surface area (Å²) < 4.78 is 24.2. The number of hydrogen-bond acceptors (Lipinski definition) is 7. The first-order valence-corrected chi connectivity index (χ1v) is 9.68. The van der Waals surface area contributed by atoms with E-state index < -0.39 is 9.84 Å². The third-order valence-corrected chi connectivity index (χ3v) is 4.99. The molecule has 0 unspecified atom stereocenters. The molecule has 0 bridgehead atoms. The van der Waals surface area contributed by atoms with Crippen molar-refractivity contribution in [1.82, 2.24) is 0 Å². The minimum absolute atomic E-state index is 0.0283. The Bertz CT molecular complexity index is 1160. The normalized spacial score (nSPS) is 11.8. The van der Waals surface area contributed by atoms with Gasteiger partial charge >= 0.3 is 5.69 Å².